The molecule has 130 valence electrons. The van der Waals surface area contributed by atoms with Crippen LogP contribution >= 0.6 is 0 Å². The number of hydrogen-bond acceptors (Lipinski definition) is 4. The van der Waals surface area contributed by atoms with Crippen LogP contribution in [-0.2, 0) is 19.1 Å². The summed E-state index contributed by atoms with van der Waals surface area (Å²) in [6, 6.07) is 0. The molecule has 0 radical (unpaired) electrons. The summed E-state index contributed by atoms with van der Waals surface area (Å²) in [5, 5.41) is 0. The van der Waals surface area contributed by atoms with E-state index in [1.807, 2.05) is 27.7 Å². The Morgan fingerprint density at radius 1 is 0.870 bits per heavy atom. The zero-order valence-corrected chi connectivity index (χ0v) is 14.9. The fourth-order valence-corrected chi connectivity index (χ4v) is 4.85. The second-order valence-corrected chi connectivity index (χ2v) is 6.76. The van der Waals surface area contributed by atoms with Crippen LogP contribution in [0.25, 0.3) is 0 Å². The van der Waals surface area contributed by atoms with Gasteiger partial charge in [-0.2, -0.15) is 0 Å². The van der Waals surface area contributed by atoms with Crippen LogP contribution in [0.2, 0.25) is 0 Å². The van der Waals surface area contributed by atoms with E-state index in [-0.39, 0.29) is 23.8 Å². The predicted octanol–water partition coefficient (Wildman–Crippen LogP) is 3.89. The standard InChI is InChI=1S/C19H30O4/c1-5-11-22-16(20)18(7-3)14-9-10-15(13-14)19(18,8-4)17(21)23-12-6-2/h9-10,14-15H,5-8,11-13H2,1-4H3. The van der Waals surface area contributed by atoms with Gasteiger partial charge in [-0.1, -0.05) is 39.8 Å². The Balaban J connectivity index is 2.45. The van der Waals surface area contributed by atoms with E-state index in [1.54, 1.807) is 0 Å². The third-order valence-corrected chi connectivity index (χ3v) is 5.86. The molecule has 23 heavy (non-hydrogen) atoms. The van der Waals surface area contributed by atoms with Crippen molar-refractivity contribution in [3.8, 4) is 0 Å². The zero-order chi connectivity index (χ0) is 17.1. The van der Waals surface area contributed by atoms with Crippen LogP contribution in [-0.4, -0.2) is 25.2 Å². The molecular weight excluding hydrogens is 292 g/mol. The highest BCUT2D eigenvalue weighted by Gasteiger charge is 2.72. The minimum atomic E-state index is -0.777. The summed E-state index contributed by atoms with van der Waals surface area (Å²) in [6.45, 7) is 8.78. The van der Waals surface area contributed by atoms with Gasteiger partial charge in [-0.3, -0.25) is 9.59 Å². The molecular formula is C19H30O4. The topological polar surface area (TPSA) is 52.6 Å². The molecule has 0 amide bonds. The van der Waals surface area contributed by atoms with Gasteiger partial charge in [0.15, 0.2) is 0 Å². The molecule has 0 spiro atoms. The van der Waals surface area contributed by atoms with Crippen LogP contribution in [0.4, 0.5) is 0 Å². The lowest BCUT2D eigenvalue weighted by molar-refractivity contribution is -0.185. The molecule has 2 aliphatic carbocycles. The molecule has 2 aliphatic rings. The van der Waals surface area contributed by atoms with Gasteiger partial charge in [0, 0.05) is 0 Å². The van der Waals surface area contributed by atoms with Crippen LogP contribution < -0.4 is 0 Å². The highest BCUT2D eigenvalue weighted by atomic mass is 16.5. The van der Waals surface area contributed by atoms with Gasteiger partial charge in [-0.05, 0) is 43.9 Å². The molecule has 0 N–H and O–H groups in total. The van der Waals surface area contributed by atoms with Crippen molar-refractivity contribution in [1.29, 1.82) is 0 Å². The van der Waals surface area contributed by atoms with E-state index in [9.17, 15) is 9.59 Å². The third kappa shape index (κ3) is 2.41. The number of hydrogen-bond donors (Lipinski definition) is 0. The molecule has 2 bridgehead atoms. The Morgan fingerprint density at radius 2 is 1.26 bits per heavy atom. The normalized spacial score (nSPS) is 34.6. The van der Waals surface area contributed by atoms with Gasteiger partial charge in [-0.15, -0.1) is 0 Å². The number of fused-ring (bicyclic) bond motifs is 2. The van der Waals surface area contributed by atoms with E-state index in [0.717, 1.165) is 19.3 Å². The molecule has 0 saturated heterocycles. The number of rotatable bonds is 8. The fraction of sp³-hybridized carbons (Fsp3) is 0.789. The quantitative estimate of drug-likeness (QED) is 0.502. The summed E-state index contributed by atoms with van der Waals surface area (Å²) in [7, 11) is 0. The van der Waals surface area contributed by atoms with Gasteiger partial charge >= 0.3 is 11.9 Å². The van der Waals surface area contributed by atoms with E-state index in [2.05, 4.69) is 12.2 Å². The van der Waals surface area contributed by atoms with Crippen LogP contribution in [0.1, 0.15) is 59.8 Å². The molecule has 4 unspecified atom stereocenters. The smallest absolute Gasteiger partial charge is 0.313 e. The van der Waals surface area contributed by atoms with Crippen molar-refractivity contribution in [2.45, 2.75) is 59.8 Å². The van der Waals surface area contributed by atoms with Crippen molar-refractivity contribution in [3.63, 3.8) is 0 Å². The highest BCUT2D eigenvalue weighted by Crippen LogP contribution is 2.67. The maximum Gasteiger partial charge on any atom is 0.313 e. The van der Waals surface area contributed by atoms with Gasteiger partial charge in [0.25, 0.3) is 0 Å². The first kappa shape index (κ1) is 18.0. The first-order valence-corrected chi connectivity index (χ1v) is 9.07. The molecule has 4 heteroatoms. The van der Waals surface area contributed by atoms with Gasteiger partial charge < -0.3 is 9.47 Å². The summed E-state index contributed by atoms with van der Waals surface area (Å²) >= 11 is 0. The van der Waals surface area contributed by atoms with Gasteiger partial charge in [0.2, 0.25) is 0 Å². The maximum atomic E-state index is 13.0. The lowest BCUT2D eigenvalue weighted by Gasteiger charge is -2.47. The minimum absolute atomic E-state index is 0.0796. The van der Waals surface area contributed by atoms with E-state index < -0.39 is 10.8 Å². The van der Waals surface area contributed by atoms with E-state index >= 15 is 0 Å². The lowest BCUT2D eigenvalue weighted by atomic mass is 9.55. The summed E-state index contributed by atoms with van der Waals surface area (Å²) in [5.74, 6) is -0.269. The number of ether oxygens (including phenoxy) is 2. The Bertz CT molecular complexity index is 442. The molecule has 4 atom stereocenters. The Hall–Kier alpha value is -1.32. The number of carbonyl (C=O) groups is 2. The average Bonchev–Trinajstić information content (AvgIpc) is 3.15. The Morgan fingerprint density at radius 3 is 1.57 bits per heavy atom. The summed E-state index contributed by atoms with van der Waals surface area (Å²) in [4.78, 5) is 26.1. The maximum absolute atomic E-state index is 13.0. The monoisotopic (exact) mass is 322 g/mol. The fourth-order valence-electron chi connectivity index (χ4n) is 4.85. The zero-order valence-electron chi connectivity index (χ0n) is 14.9. The van der Waals surface area contributed by atoms with Crippen molar-refractivity contribution in [1.82, 2.24) is 0 Å². The molecule has 4 nitrogen and oxygen atoms in total. The first-order valence-electron chi connectivity index (χ1n) is 9.07. The van der Waals surface area contributed by atoms with Crippen LogP contribution in [0.5, 0.6) is 0 Å². The summed E-state index contributed by atoms with van der Waals surface area (Å²) in [6.07, 6.45) is 7.87. The van der Waals surface area contributed by atoms with Crippen LogP contribution in [0, 0.1) is 22.7 Å². The SMILES string of the molecule is CCCOC(=O)C1(CC)C2C=CC(C2)C1(CC)C(=O)OCCC. The largest absolute Gasteiger partial charge is 0.465 e. The highest BCUT2D eigenvalue weighted by molar-refractivity contribution is 5.91. The molecule has 0 aromatic rings. The van der Waals surface area contributed by atoms with E-state index in [4.69, 9.17) is 9.47 Å². The second-order valence-electron chi connectivity index (χ2n) is 6.76. The van der Waals surface area contributed by atoms with Crippen LogP contribution in [0.15, 0.2) is 12.2 Å². The molecule has 0 heterocycles. The number of allylic oxidation sites excluding steroid dienone is 2. The van der Waals surface area contributed by atoms with Crippen molar-refractivity contribution in [2.75, 3.05) is 13.2 Å². The van der Waals surface area contributed by atoms with Crippen molar-refractivity contribution in [2.24, 2.45) is 22.7 Å². The Labute approximate surface area is 139 Å². The van der Waals surface area contributed by atoms with Gasteiger partial charge in [0.1, 0.15) is 0 Å². The third-order valence-electron chi connectivity index (χ3n) is 5.86. The van der Waals surface area contributed by atoms with E-state index in [0.29, 0.717) is 26.1 Å². The van der Waals surface area contributed by atoms with Gasteiger partial charge in [0.05, 0.1) is 24.0 Å². The minimum Gasteiger partial charge on any atom is -0.465 e. The number of carbonyl (C=O) groups excluding carboxylic acids is 2. The lowest BCUT2D eigenvalue weighted by Crippen LogP contribution is -2.55. The van der Waals surface area contributed by atoms with Crippen molar-refractivity contribution < 1.29 is 19.1 Å². The number of esters is 2. The van der Waals surface area contributed by atoms with Crippen LogP contribution in [0.3, 0.4) is 0 Å². The second kappa shape index (κ2) is 7.06. The summed E-state index contributed by atoms with van der Waals surface area (Å²) < 4.78 is 11.1. The van der Waals surface area contributed by atoms with E-state index in [1.165, 1.54) is 0 Å². The Kier molecular flexibility index (Phi) is 5.53. The first-order chi connectivity index (χ1) is 11.0. The molecule has 0 aliphatic heterocycles. The van der Waals surface area contributed by atoms with Crippen molar-refractivity contribution >= 4 is 11.9 Å². The molecule has 0 aromatic heterocycles. The molecule has 2 rings (SSSR count). The molecule has 0 aromatic carbocycles. The van der Waals surface area contributed by atoms with Gasteiger partial charge in [-0.25, -0.2) is 0 Å². The predicted molar refractivity (Wildman–Crippen MR) is 88.7 cm³/mol. The van der Waals surface area contributed by atoms with Crippen molar-refractivity contribution in [3.05, 3.63) is 12.2 Å². The molecule has 1 fully saturated rings. The molecule has 1 saturated carbocycles. The summed E-state index contributed by atoms with van der Waals surface area (Å²) in [5.41, 5.74) is -1.55. The average molecular weight is 322 g/mol.